The second-order valence-electron chi connectivity index (χ2n) is 15.6. The molecule has 1 aliphatic carbocycles. The molecule has 0 aliphatic heterocycles. The summed E-state index contributed by atoms with van der Waals surface area (Å²) in [7, 11) is 0. The van der Waals surface area contributed by atoms with E-state index in [1.165, 1.54) is 0 Å². The van der Waals surface area contributed by atoms with Gasteiger partial charge in [0.2, 0.25) is 5.91 Å². The topological polar surface area (TPSA) is 94.2 Å². The summed E-state index contributed by atoms with van der Waals surface area (Å²) in [6.45, 7) is 11.5. The number of benzene rings is 5. The lowest BCUT2D eigenvalue weighted by Gasteiger charge is -2.30. The summed E-state index contributed by atoms with van der Waals surface area (Å²) >= 11 is 0. The maximum atomic E-state index is 14.7. The van der Waals surface area contributed by atoms with Crippen LogP contribution in [0.2, 0.25) is 0 Å². The van der Waals surface area contributed by atoms with Crippen molar-refractivity contribution in [3.8, 4) is 16.9 Å². The van der Waals surface area contributed by atoms with Crippen molar-refractivity contribution < 1.29 is 28.6 Å². The zero-order valence-electron chi connectivity index (χ0n) is 33.3. The molecule has 0 radical (unpaired) electrons. The summed E-state index contributed by atoms with van der Waals surface area (Å²) in [5, 5.41) is 4.95. The quantitative estimate of drug-likeness (QED) is 0.102. The molecule has 5 aromatic carbocycles. The molecule has 0 spiro atoms. The van der Waals surface area contributed by atoms with Crippen LogP contribution in [-0.4, -0.2) is 60.7 Å². The Hall–Kier alpha value is -5.47. The van der Waals surface area contributed by atoms with Gasteiger partial charge in [-0.15, -0.1) is 0 Å². The summed E-state index contributed by atoms with van der Waals surface area (Å²) in [6, 6.07) is 38.4. The van der Waals surface area contributed by atoms with E-state index in [1.54, 1.807) is 0 Å². The van der Waals surface area contributed by atoms with E-state index in [4.69, 9.17) is 14.2 Å². The maximum absolute atomic E-state index is 14.7. The van der Waals surface area contributed by atoms with Crippen molar-refractivity contribution in [2.24, 2.45) is 5.92 Å². The van der Waals surface area contributed by atoms with Crippen molar-refractivity contribution in [2.75, 3.05) is 26.3 Å². The minimum Gasteiger partial charge on any atom is -0.488 e. The number of ether oxygens (including phenoxy) is 3. The van der Waals surface area contributed by atoms with Gasteiger partial charge in [-0.2, -0.15) is 0 Å². The second kappa shape index (κ2) is 18.4. The van der Waals surface area contributed by atoms with Gasteiger partial charge in [0.15, 0.2) is 0 Å². The van der Waals surface area contributed by atoms with Gasteiger partial charge in [-0.05, 0) is 97.3 Å². The van der Waals surface area contributed by atoms with E-state index >= 15 is 0 Å². The lowest BCUT2D eigenvalue weighted by molar-refractivity contribution is -0.140. The van der Waals surface area contributed by atoms with Crippen LogP contribution in [0.25, 0.3) is 21.9 Å². The normalized spacial score (nSPS) is 13.4. The molecule has 0 saturated heterocycles. The number of fused-ring (bicyclic) bond motifs is 4. The molecular formula is C48H54N2O6. The molecule has 0 saturated carbocycles. The molecule has 292 valence electrons. The van der Waals surface area contributed by atoms with Gasteiger partial charge in [-0.25, -0.2) is 4.79 Å². The van der Waals surface area contributed by atoms with E-state index in [0.717, 1.165) is 49.9 Å². The van der Waals surface area contributed by atoms with Gasteiger partial charge in [0.05, 0.1) is 6.10 Å². The van der Waals surface area contributed by atoms with E-state index in [9.17, 15) is 14.4 Å². The Morgan fingerprint density at radius 3 is 2.12 bits per heavy atom. The number of nitrogens with one attached hydrogen (secondary N) is 1. The summed E-state index contributed by atoms with van der Waals surface area (Å²) < 4.78 is 17.6. The van der Waals surface area contributed by atoms with Gasteiger partial charge in [0.25, 0.3) is 0 Å². The van der Waals surface area contributed by atoms with Crippen LogP contribution >= 0.6 is 0 Å². The zero-order chi connectivity index (χ0) is 39.7. The minimum atomic E-state index is -0.629. The van der Waals surface area contributed by atoms with Crippen LogP contribution in [-0.2, 0) is 32.0 Å². The largest absolute Gasteiger partial charge is 0.488 e. The lowest BCUT2D eigenvalue weighted by Crippen LogP contribution is -2.42. The van der Waals surface area contributed by atoms with Crippen LogP contribution in [0.3, 0.4) is 0 Å². The van der Waals surface area contributed by atoms with Crippen molar-refractivity contribution in [2.45, 2.75) is 78.0 Å². The molecule has 0 heterocycles. The molecule has 2 atom stereocenters. The monoisotopic (exact) mass is 754 g/mol. The summed E-state index contributed by atoms with van der Waals surface area (Å²) in [5.41, 5.74) is 6.19. The van der Waals surface area contributed by atoms with Crippen LogP contribution in [0, 0.1) is 5.92 Å². The third-order valence-electron chi connectivity index (χ3n) is 10.2. The summed E-state index contributed by atoms with van der Waals surface area (Å²) in [6.07, 6.45) is -0.303. The van der Waals surface area contributed by atoms with Gasteiger partial charge in [-0.1, -0.05) is 103 Å². The van der Waals surface area contributed by atoms with Crippen LogP contribution in [0.5, 0.6) is 5.75 Å². The standard InChI is InChI=1S/C48H54N2O6/c1-6-54-33(2)30-50(31-36-16-13-15-35-14-7-8-17-40(35)36)46(52)37(28-34-22-24-39(25-23-34)56-48(3,4)5)29-38(51)26-27-49-47(53)55-32-45-43-20-11-9-18-41(43)42-19-10-12-21-44(42)45/h7-25,33,37,45H,6,26-32H2,1-5H3,(H,49,53)/t33?,37-/m0/s1. The molecule has 6 rings (SSSR count). The van der Waals surface area contributed by atoms with Crippen LogP contribution in [0.1, 0.15) is 75.6 Å². The molecule has 0 fully saturated rings. The Labute approximate surface area is 331 Å². The van der Waals surface area contributed by atoms with Gasteiger partial charge in [0.1, 0.15) is 23.7 Å². The number of hydrogen-bond donors (Lipinski definition) is 1. The van der Waals surface area contributed by atoms with Gasteiger partial charge in [-0.3, -0.25) is 9.59 Å². The van der Waals surface area contributed by atoms with Crippen molar-refractivity contribution in [1.29, 1.82) is 0 Å². The number of nitrogens with zero attached hydrogens (tertiary/aromatic N) is 1. The number of carbonyl (C=O) groups excluding carboxylic acids is 3. The Morgan fingerprint density at radius 1 is 0.804 bits per heavy atom. The first kappa shape index (κ1) is 40.2. The highest BCUT2D eigenvalue weighted by molar-refractivity contribution is 5.89. The Morgan fingerprint density at radius 2 is 1.45 bits per heavy atom. The number of alkyl carbamates (subject to hydrolysis) is 1. The van der Waals surface area contributed by atoms with E-state index in [2.05, 4.69) is 53.8 Å². The van der Waals surface area contributed by atoms with Gasteiger partial charge in [0, 0.05) is 50.9 Å². The fourth-order valence-corrected chi connectivity index (χ4v) is 7.68. The van der Waals surface area contributed by atoms with Crippen molar-refractivity contribution in [3.05, 3.63) is 138 Å². The molecule has 2 amide bonds. The van der Waals surface area contributed by atoms with Crippen molar-refractivity contribution in [1.82, 2.24) is 10.2 Å². The third kappa shape index (κ3) is 10.4. The number of rotatable bonds is 17. The van der Waals surface area contributed by atoms with E-state index < -0.39 is 12.0 Å². The molecule has 8 nitrogen and oxygen atoms in total. The van der Waals surface area contributed by atoms with E-state index in [-0.39, 0.29) is 55.3 Å². The SMILES string of the molecule is CCOC(C)CN(Cc1cccc2ccccc12)C(=O)[C@H](CC(=O)CCNC(=O)OCC1c2ccccc2-c2ccccc21)Cc1ccc(OC(C)(C)C)cc1. The second-order valence-corrected chi connectivity index (χ2v) is 15.6. The summed E-state index contributed by atoms with van der Waals surface area (Å²) in [4.78, 5) is 43.1. The third-order valence-corrected chi connectivity index (χ3v) is 10.2. The molecule has 56 heavy (non-hydrogen) atoms. The first-order valence-electron chi connectivity index (χ1n) is 19.7. The Balaban J connectivity index is 1.13. The first-order valence-corrected chi connectivity index (χ1v) is 19.7. The Bertz CT molecular complexity index is 2070. The van der Waals surface area contributed by atoms with Crippen LogP contribution in [0.15, 0.2) is 115 Å². The van der Waals surface area contributed by atoms with Gasteiger partial charge >= 0.3 is 6.09 Å². The average Bonchev–Trinajstić information content (AvgIpc) is 3.50. The molecule has 0 bridgehead atoms. The minimum absolute atomic E-state index is 0.0283. The molecule has 5 aromatic rings. The predicted octanol–water partition coefficient (Wildman–Crippen LogP) is 9.52. The first-order chi connectivity index (χ1) is 27.0. The highest BCUT2D eigenvalue weighted by Gasteiger charge is 2.30. The smallest absolute Gasteiger partial charge is 0.407 e. The zero-order valence-corrected chi connectivity index (χ0v) is 33.3. The number of carbonyl (C=O) groups is 3. The van der Waals surface area contributed by atoms with Gasteiger partial charge < -0.3 is 24.4 Å². The van der Waals surface area contributed by atoms with Crippen molar-refractivity contribution in [3.63, 3.8) is 0 Å². The number of hydrogen-bond acceptors (Lipinski definition) is 6. The molecule has 1 N–H and O–H groups in total. The van der Waals surface area contributed by atoms with Crippen molar-refractivity contribution >= 4 is 28.6 Å². The fraction of sp³-hybridized carbons (Fsp3) is 0.354. The highest BCUT2D eigenvalue weighted by atomic mass is 16.5. The number of Topliss-reactive ketones (excluding diaryl/α,β-unsaturated/α-hetero) is 1. The molecule has 1 aliphatic rings. The Kier molecular flexibility index (Phi) is 13.2. The number of ketones is 1. The average molecular weight is 755 g/mol. The molecule has 8 heteroatoms. The molecular weight excluding hydrogens is 701 g/mol. The highest BCUT2D eigenvalue weighted by Crippen LogP contribution is 2.44. The van der Waals surface area contributed by atoms with E-state index in [1.807, 2.05) is 106 Å². The molecule has 0 aromatic heterocycles. The van der Waals surface area contributed by atoms with Crippen LogP contribution in [0.4, 0.5) is 4.79 Å². The number of amides is 2. The fourth-order valence-electron chi connectivity index (χ4n) is 7.68. The van der Waals surface area contributed by atoms with E-state index in [0.29, 0.717) is 26.1 Å². The lowest BCUT2D eigenvalue weighted by atomic mass is 9.91. The van der Waals surface area contributed by atoms with Crippen LogP contribution < -0.4 is 10.1 Å². The molecule has 1 unspecified atom stereocenters. The predicted molar refractivity (Wildman–Crippen MR) is 222 cm³/mol. The maximum Gasteiger partial charge on any atom is 0.407 e. The summed E-state index contributed by atoms with van der Waals surface area (Å²) in [5.74, 6) is -0.175.